The molecule has 0 fully saturated rings. The molecular formula is C14H16Cl3NO. The zero-order chi connectivity index (χ0) is 14.6. The minimum atomic E-state index is -0.101. The third-order valence-corrected chi connectivity index (χ3v) is 4.02. The van der Waals surface area contributed by atoms with E-state index in [0.717, 1.165) is 5.56 Å². The second-order valence-electron chi connectivity index (χ2n) is 5.25. The molecule has 0 aliphatic carbocycles. The van der Waals surface area contributed by atoms with Crippen LogP contribution in [0.1, 0.15) is 26.3 Å². The lowest BCUT2D eigenvalue weighted by atomic mass is 9.86. The molecule has 0 bridgehead atoms. The lowest BCUT2D eigenvalue weighted by Crippen LogP contribution is -2.37. The van der Waals surface area contributed by atoms with Gasteiger partial charge < -0.3 is 5.32 Å². The quantitative estimate of drug-likeness (QED) is 0.625. The number of carbonyl (C=O) groups is 1. The van der Waals surface area contributed by atoms with Gasteiger partial charge in [-0.25, -0.2) is 0 Å². The maximum Gasteiger partial charge on any atom is 0.207 e. The maximum atomic E-state index is 10.6. The molecule has 0 radical (unpaired) electrons. The van der Waals surface area contributed by atoms with Gasteiger partial charge in [0, 0.05) is 0 Å². The van der Waals surface area contributed by atoms with Crippen molar-refractivity contribution in [1.29, 1.82) is 0 Å². The second kappa shape index (κ2) is 6.65. The van der Waals surface area contributed by atoms with Gasteiger partial charge in [-0.2, -0.15) is 0 Å². The Hall–Kier alpha value is -0.700. The first-order chi connectivity index (χ1) is 8.77. The summed E-state index contributed by atoms with van der Waals surface area (Å²) in [5.41, 5.74) is 0.665. The first-order valence-electron chi connectivity index (χ1n) is 5.78. The van der Waals surface area contributed by atoms with Crippen LogP contribution >= 0.6 is 34.8 Å². The average Bonchev–Trinajstić information content (AvgIpc) is 2.32. The van der Waals surface area contributed by atoms with Gasteiger partial charge in [0.1, 0.15) is 0 Å². The summed E-state index contributed by atoms with van der Waals surface area (Å²) >= 11 is 18.0. The fraction of sp³-hybridized carbons (Fsp3) is 0.357. The smallest absolute Gasteiger partial charge is 0.207 e. The van der Waals surface area contributed by atoms with Crippen LogP contribution in [0.2, 0.25) is 15.1 Å². The van der Waals surface area contributed by atoms with Gasteiger partial charge in [-0.1, -0.05) is 73.8 Å². The van der Waals surface area contributed by atoms with Crippen LogP contribution in [0.3, 0.4) is 0 Å². The number of halogens is 3. The van der Waals surface area contributed by atoms with Gasteiger partial charge in [-0.05, 0) is 17.0 Å². The molecular weight excluding hydrogens is 305 g/mol. The van der Waals surface area contributed by atoms with E-state index in [2.05, 4.69) is 5.32 Å². The van der Waals surface area contributed by atoms with E-state index in [4.69, 9.17) is 34.8 Å². The van der Waals surface area contributed by atoms with Crippen molar-refractivity contribution in [2.75, 3.05) is 0 Å². The van der Waals surface area contributed by atoms with Gasteiger partial charge in [0.15, 0.2) is 0 Å². The molecule has 19 heavy (non-hydrogen) atoms. The molecule has 1 rings (SSSR count). The summed E-state index contributed by atoms with van der Waals surface area (Å²) < 4.78 is 0. The third kappa shape index (κ3) is 4.41. The molecule has 1 aromatic carbocycles. The highest BCUT2D eigenvalue weighted by molar-refractivity contribution is 6.48. The molecule has 1 amide bonds. The SMILES string of the molecule is CC(C)(C)[C@H](/C=C/c1ccc(Cl)c(Cl)c1Cl)NC=O. The number of benzene rings is 1. The molecule has 1 atom stereocenters. The molecule has 0 heterocycles. The van der Waals surface area contributed by atoms with Crippen LogP contribution in [0.25, 0.3) is 6.08 Å². The Balaban J connectivity index is 3.03. The molecule has 0 aliphatic heterocycles. The third-order valence-electron chi connectivity index (χ3n) is 2.71. The number of carbonyl (C=O) groups excluding carboxylic acids is 1. The molecule has 0 aromatic heterocycles. The van der Waals surface area contributed by atoms with E-state index >= 15 is 0 Å². The lowest BCUT2D eigenvalue weighted by Gasteiger charge is -2.27. The predicted octanol–water partition coefficient (Wildman–Crippen LogP) is 4.82. The van der Waals surface area contributed by atoms with Gasteiger partial charge in [0.2, 0.25) is 6.41 Å². The predicted molar refractivity (Wildman–Crippen MR) is 82.9 cm³/mol. The lowest BCUT2D eigenvalue weighted by molar-refractivity contribution is -0.110. The van der Waals surface area contributed by atoms with E-state index < -0.39 is 0 Å². The number of hydrogen-bond acceptors (Lipinski definition) is 1. The van der Waals surface area contributed by atoms with Crippen LogP contribution in [-0.2, 0) is 4.79 Å². The molecule has 5 heteroatoms. The number of nitrogens with one attached hydrogen (secondary N) is 1. The number of amides is 1. The zero-order valence-electron chi connectivity index (χ0n) is 11.0. The molecule has 2 nitrogen and oxygen atoms in total. The van der Waals surface area contributed by atoms with E-state index in [1.165, 1.54) is 0 Å². The van der Waals surface area contributed by atoms with Crippen LogP contribution in [0.15, 0.2) is 18.2 Å². The number of hydrogen-bond donors (Lipinski definition) is 1. The normalized spacial score (nSPS) is 13.6. The van der Waals surface area contributed by atoms with Crippen molar-refractivity contribution in [2.24, 2.45) is 5.41 Å². The molecule has 0 unspecified atom stereocenters. The van der Waals surface area contributed by atoms with E-state index in [0.29, 0.717) is 21.5 Å². The van der Waals surface area contributed by atoms with Gasteiger partial charge >= 0.3 is 0 Å². The van der Waals surface area contributed by atoms with Gasteiger partial charge in [-0.15, -0.1) is 0 Å². The highest BCUT2D eigenvalue weighted by Crippen LogP contribution is 2.33. The standard InChI is InChI=1S/C14H16Cl3NO/c1-14(2,3)11(18-8-19)7-5-9-4-6-10(15)13(17)12(9)16/h4-8,11H,1-3H3,(H,18,19)/b7-5+/t11-/m0/s1. The van der Waals surface area contributed by atoms with Crippen LogP contribution < -0.4 is 5.32 Å². The van der Waals surface area contributed by atoms with Gasteiger partial charge in [0.05, 0.1) is 21.1 Å². The Morgan fingerprint density at radius 2 is 1.79 bits per heavy atom. The fourth-order valence-electron chi connectivity index (χ4n) is 1.54. The molecule has 1 aromatic rings. The Bertz CT molecular complexity index is 492. The van der Waals surface area contributed by atoms with E-state index in [1.54, 1.807) is 12.1 Å². The average molecular weight is 321 g/mol. The minimum Gasteiger partial charge on any atom is -0.352 e. The summed E-state index contributed by atoms with van der Waals surface area (Å²) in [4.78, 5) is 10.6. The van der Waals surface area contributed by atoms with Crippen molar-refractivity contribution in [3.05, 3.63) is 38.8 Å². The summed E-state index contributed by atoms with van der Waals surface area (Å²) in [6.07, 6.45) is 4.41. The molecule has 104 valence electrons. The van der Waals surface area contributed by atoms with Crippen LogP contribution in [-0.4, -0.2) is 12.5 Å². The largest absolute Gasteiger partial charge is 0.352 e. The highest BCUT2D eigenvalue weighted by Gasteiger charge is 2.21. The minimum absolute atomic E-state index is 0.0971. The topological polar surface area (TPSA) is 29.1 Å². The Morgan fingerprint density at radius 3 is 2.32 bits per heavy atom. The number of rotatable bonds is 4. The summed E-state index contributed by atoms with van der Waals surface area (Å²) in [6.45, 7) is 6.11. The summed E-state index contributed by atoms with van der Waals surface area (Å²) in [5, 5.41) is 3.93. The summed E-state index contributed by atoms with van der Waals surface area (Å²) in [6, 6.07) is 3.37. The van der Waals surface area contributed by atoms with Crippen molar-refractivity contribution in [3.8, 4) is 0 Å². The Kier molecular flexibility index (Phi) is 5.72. The van der Waals surface area contributed by atoms with Crippen molar-refractivity contribution in [3.63, 3.8) is 0 Å². The molecule has 0 saturated carbocycles. The molecule has 1 N–H and O–H groups in total. The molecule has 0 saturated heterocycles. The summed E-state index contributed by atoms with van der Waals surface area (Å²) in [7, 11) is 0. The molecule has 0 spiro atoms. The molecule has 0 aliphatic rings. The van der Waals surface area contributed by atoms with Gasteiger partial charge in [-0.3, -0.25) is 4.79 Å². The van der Waals surface area contributed by atoms with E-state index in [-0.39, 0.29) is 11.5 Å². The van der Waals surface area contributed by atoms with Crippen LogP contribution in [0.5, 0.6) is 0 Å². The van der Waals surface area contributed by atoms with E-state index in [1.807, 2.05) is 32.9 Å². The maximum absolute atomic E-state index is 10.6. The second-order valence-corrected chi connectivity index (χ2v) is 6.42. The van der Waals surface area contributed by atoms with Crippen LogP contribution in [0.4, 0.5) is 0 Å². The van der Waals surface area contributed by atoms with Crippen molar-refractivity contribution in [2.45, 2.75) is 26.8 Å². The Morgan fingerprint density at radius 1 is 1.16 bits per heavy atom. The van der Waals surface area contributed by atoms with Crippen molar-refractivity contribution in [1.82, 2.24) is 5.32 Å². The van der Waals surface area contributed by atoms with Crippen LogP contribution in [0, 0.1) is 5.41 Å². The monoisotopic (exact) mass is 319 g/mol. The van der Waals surface area contributed by atoms with Crippen molar-refractivity contribution < 1.29 is 4.79 Å². The first kappa shape index (κ1) is 16.4. The first-order valence-corrected chi connectivity index (χ1v) is 6.92. The van der Waals surface area contributed by atoms with Gasteiger partial charge in [0.25, 0.3) is 0 Å². The zero-order valence-corrected chi connectivity index (χ0v) is 13.3. The fourth-order valence-corrected chi connectivity index (χ4v) is 2.14. The summed E-state index contributed by atoms with van der Waals surface area (Å²) in [5.74, 6) is 0. The highest BCUT2D eigenvalue weighted by atomic mass is 35.5. The van der Waals surface area contributed by atoms with E-state index in [9.17, 15) is 4.79 Å². The van der Waals surface area contributed by atoms with Crippen molar-refractivity contribution >= 4 is 47.3 Å². The Labute approximate surface area is 128 Å².